The molecule has 0 aliphatic carbocycles. The predicted octanol–water partition coefficient (Wildman–Crippen LogP) is 4.88. The van der Waals surface area contributed by atoms with Crippen molar-refractivity contribution in [1.82, 2.24) is 10.2 Å². The van der Waals surface area contributed by atoms with Crippen molar-refractivity contribution in [2.45, 2.75) is 50.7 Å². The van der Waals surface area contributed by atoms with Crippen LogP contribution in [0.1, 0.15) is 32.8 Å². The number of carbonyl (C=O) groups is 2. The van der Waals surface area contributed by atoms with Gasteiger partial charge in [0.15, 0.2) is 0 Å². The van der Waals surface area contributed by atoms with Gasteiger partial charge in [0.25, 0.3) is 15.7 Å². The number of hydrogen-bond donors (Lipinski definition) is 1. The molecule has 3 aromatic carbocycles. The Bertz CT molecular complexity index is 1450. The molecule has 1 N–H and O–H groups in total. The molecule has 2 unspecified atom stereocenters. The third-order valence-corrected chi connectivity index (χ3v) is 8.69. The van der Waals surface area contributed by atoms with Gasteiger partial charge in [0.1, 0.15) is 12.6 Å². The van der Waals surface area contributed by atoms with Crippen molar-refractivity contribution in [1.29, 1.82) is 0 Å². The minimum atomic E-state index is -4.32. The van der Waals surface area contributed by atoms with Crippen LogP contribution in [0.25, 0.3) is 0 Å². The summed E-state index contributed by atoms with van der Waals surface area (Å²) in [5.74, 6) is -1.03. The number of non-ortho nitro benzene ring substituents is 1. The lowest BCUT2D eigenvalue weighted by atomic mass is 10.1. The number of halogens is 1. The van der Waals surface area contributed by atoms with E-state index in [1.807, 2.05) is 13.8 Å². The predicted molar refractivity (Wildman–Crippen MR) is 156 cm³/mol. The van der Waals surface area contributed by atoms with Crippen LogP contribution in [-0.2, 0) is 26.2 Å². The van der Waals surface area contributed by atoms with Crippen LogP contribution in [0.5, 0.6) is 0 Å². The van der Waals surface area contributed by atoms with E-state index in [1.54, 1.807) is 49.4 Å². The number of anilines is 1. The second-order valence-electron chi connectivity index (χ2n) is 9.24. The third kappa shape index (κ3) is 7.66. The van der Waals surface area contributed by atoms with Crippen molar-refractivity contribution in [3.05, 3.63) is 99.0 Å². The highest BCUT2D eigenvalue weighted by Gasteiger charge is 2.33. The quantitative estimate of drug-likeness (QED) is 0.224. The zero-order valence-electron chi connectivity index (χ0n) is 22.4. The van der Waals surface area contributed by atoms with E-state index in [0.29, 0.717) is 6.42 Å². The number of sulfonamides is 1. The molecule has 0 aliphatic rings. The van der Waals surface area contributed by atoms with Gasteiger partial charge in [0.05, 0.1) is 15.5 Å². The first kappa shape index (κ1) is 30.8. The summed E-state index contributed by atoms with van der Waals surface area (Å²) in [6, 6.07) is 18.7. The van der Waals surface area contributed by atoms with Crippen LogP contribution in [0.2, 0.25) is 0 Å². The normalized spacial score (nSPS) is 12.7. The number of nitro groups is 1. The minimum absolute atomic E-state index is 0.0371. The Hall–Kier alpha value is -3.77. The van der Waals surface area contributed by atoms with Gasteiger partial charge in [-0.05, 0) is 56.2 Å². The summed E-state index contributed by atoms with van der Waals surface area (Å²) in [4.78, 5) is 39.0. The van der Waals surface area contributed by atoms with Gasteiger partial charge in [-0.1, -0.05) is 59.3 Å². The molecule has 0 heterocycles. The average Bonchev–Trinajstić information content (AvgIpc) is 2.95. The monoisotopic (exact) mass is 630 g/mol. The van der Waals surface area contributed by atoms with Gasteiger partial charge in [0.2, 0.25) is 11.8 Å². The van der Waals surface area contributed by atoms with Crippen LogP contribution in [0.4, 0.5) is 11.4 Å². The van der Waals surface area contributed by atoms with E-state index in [9.17, 15) is 28.1 Å². The van der Waals surface area contributed by atoms with E-state index in [0.717, 1.165) is 20.4 Å². The second-order valence-corrected chi connectivity index (χ2v) is 12.0. The molecule has 0 spiro atoms. The fraction of sp³-hybridized carbons (Fsp3) is 0.286. The van der Waals surface area contributed by atoms with Crippen LogP contribution in [0, 0.1) is 10.1 Å². The number of amides is 2. The molecule has 0 aromatic heterocycles. The Balaban J connectivity index is 2.05. The molecule has 0 bridgehead atoms. The Morgan fingerprint density at radius 1 is 1.00 bits per heavy atom. The summed E-state index contributed by atoms with van der Waals surface area (Å²) in [6.07, 6.45) is 0.689. The van der Waals surface area contributed by atoms with Crippen LogP contribution >= 0.6 is 15.9 Å². The number of hydrogen-bond acceptors (Lipinski definition) is 6. The van der Waals surface area contributed by atoms with Crippen LogP contribution in [0.15, 0.2) is 88.2 Å². The number of nitrogens with one attached hydrogen (secondary N) is 1. The SMILES string of the molecule is CCC(C)NC(=O)C(C)N(Cc1ccc(Br)cc1)C(=O)CN(c1cccc([N+](=O)[O-])c1)S(=O)(=O)c1ccccc1. The topological polar surface area (TPSA) is 130 Å². The molecule has 3 rings (SSSR count). The lowest BCUT2D eigenvalue weighted by Crippen LogP contribution is -2.52. The standard InChI is InChI=1S/C28H31BrN4O6S/c1-4-20(2)30-28(35)21(3)31(18-22-13-15-23(29)16-14-22)27(34)19-32(24-9-8-10-25(17-24)33(36)37)40(38,39)26-11-6-5-7-12-26/h5-17,20-21H,4,18-19H2,1-3H3,(H,30,35). The van der Waals surface area contributed by atoms with E-state index in [-0.39, 0.29) is 34.8 Å². The first-order chi connectivity index (χ1) is 18.9. The van der Waals surface area contributed by atoms with Crippen molar-refractivity contribution in [2.24, 2.45) is 0 Å². The Labute approximate surface area is 242 Å². The summed E-state index contributed by atoms with van der Waals surface area (Å²) in [6.45, 7) is 4.71. The van der Waals surface area contributed by atoms with E-state index in [2.05, 4.69) is 21.2 Å². The molecule has 12 heteroatoms. The highest BCUT2D eigenvalue weighted by molar-refractivity contribution is 9.10. The summed E-state index contributed by atoms with van der Waals surface area (Å²) >= 11 is 3.38. The Morgan fingerprint density at radius 3 is 2.25 bits per heavy atom. The van der Waals surface area contributed by atoms with Gasteiger partial charge in [-0.25, -0.2) is 8.42 Å². The molecule has 2 amide bonds. The zero-order valence-corrected chi connectivity index (χ0v) is 24.8. The van der Waals surface area contributed by atoms with Crippen molar-refractivity contribution < 1.29 is 22.9 Å². The molecule has 3 aromatic rings. The highest BCUT2D eigenvalue weighted by atomic mass is 79.9. The molecule has 2 atom stereocenters. The zero-order chi connectivity index (χ0) is 29.4. The van der Waals surface area contributed by atoms with E-state index in [4.69, 9.17) is 0 Å². The lowest BCUT2D eigenvalue weighted by Gasteiger charge is -2.32. The van der Waals surface area contributed by atoms with Crippen molar-refractivity contribution in [2.75, 3.05) is 10.8 Å². The first-order valence-electron chi connectivity index (χ1n) is 12.6. The Kier molecular flexibility index (Phi) is 10.4. The third-order valence-electron chi connectivity index (χ3n) is 6.37. The molecule has 212 valence electrons. The van der Waals surface area contributed by atoms with Crippen LogP contribution in [0.3, 0.4) is 0 Å². The van der Waals surface area contributed by atoms with Gasteiger partial charge in [-0.3, -0.25) is 24.0 Å². The molecule has 0 radical (unpaired) electrons. The van der Waals surface area contributed by atoms with Gasteiger partial charge >= 0.3 is 0 Å². The van der Waals surface area contributed by atoms with Crippen molar-refractivity contribution >= 4 is 49.1 Å². The highest BCUT2D eigenvalue weighted by Crippen LogP contribution is 2.27. The minimum Gasteiger partial charge on any atom is -0.352 e. The molecule has 10 nitrogen and oxygen atoms in total. The molecule has 0 aliphatic heterocycles. The van der Waals surface area contributed by atoms with E-state index >= 15 is 0 Å². The Morgan fingerprint density at radius 2 is 1.65 bits per heavy atom. The van der Waals surface area contributed by atoms with Gasteiger partial charge in [-0.15, -0.1) is 0 Å². The number of carbonyl (C=O) groups excluding carboxylic acids is 2. The fourth-order valence-corrected chi connectivity index (χ4v) is 5.54. The smallest absolute Gasteiger partial charge is 0.271 e. The van der Waals surface area contributed by atoms with E-state index in [1.165, 1.54) is 35.2 Å². The molecule has 40 heavy (non-hydrogen) atoms. The van der Waals surface area contributed by atoms with Crippen molar-refractivity contribution in [3.63, 3.8) is 0 Å². The molecular formula is C28H31BrN4O6S. The summed E-state index contributed by atoms with van der Waals surface area (Å²) in [5.41, 5.74) is 0.352. The number of benzene rings is 3. The second kappa shape index (κ2) is 13.5. The molecule has 0 fully saturated rings. The number of nitrogens with zero attached hydrogens (tertiary/aromatic N) is 3. The first-order valence-corrected chi connectivity index (χ1v) is 14.8. The fourth-order valence-electron chi connectivity index (χ4n) is 3.84. The maximum Gasteiger partial charge on any atom is 0.271 e. The van der Waals surface area contributed by atoms with Gasteiger partial charge < -0.3 is 10.2 Å². The maximum atomic E-state index is 13.9. The number of rotatable bonds is 12. The van der Waals surface area contributed by atoms with Crippen molar-refractivity contribution in [3.8, 4) is 0 Å². The average molecular weight is 632 g/mol. The summed E-state index contributed by atoms with van der Waals surface area (Å²) in [7, 11) is -4.32. The van der Waals surface area contributed by atoms with Crippen LogP contribution in [-0.4, -0.2) is 48.7 Å². The van der Waals surface area contributed by atoms with Gasteiger partial charge in [0, 0.05) is 29.2 Å². The molecular weight excluding hydrogens is 600 g/mol. The maximum absolute atomic E-state index is 13.9. The summed E-state index contributed by atoms with van der Waals surface area (Å²) < 4.78 is 29.2. The summed E-state index contributed by atoms with van der Waals surface area (Å²) in [5, 5.41) is 14.3. The van der Waals surface area contributed by atoms with E-state index < -0.39 is 33.4 Å². The van der Waals surface area contributed by atoms with Gasteiger partial charge in [-0.2, -0.15) is 0 Å². The lowest BCUT2D eigenvalue weighted by molar-refractivity contribution is -0.384. The largest absolute Gasteiger partial charge is 0.352 e. The molecule has 0 saturated carbocycles. The van der Waals surface area contributed by atoms with Crippen LogP contribution < -0.4 is 9.62 Å². The molecule has 0 saturated heterocycles. The number of nitro benzene ring substituents is 1.